The number of benzene rings is 1. The molecule has 1 aliphatic rings. The van der Waals surface area contributed by atoms with Gasteiger partial charge in [-0.1, -0.05) is 19.1 Å². The minimum Gasteiger partial charge on any atom is -0.495 e. The smallest absolute Gasteiger partial charge is 0.241 e. The number of rotatable bonds is 4. The first kappa shape index (κ1) is 14.9. The highest BCUT2D eigenvalue weighted by molar-refractivity contribution is 5.95. The van der Waals surface area contributed by atoms with Crippen molar-refractivity contribution in [2.75, 3.05) is 25.5 Å². The first-order chi connectivity index (χ1) is 9.61. The Kier molecular flexibility index (Phi) is 5.01. The van der Waals surface area contributed by atoms with Crippen molar-refractivity contribution in [1.29, 1.82) is 0 Å². The van der Waals surface area contributed by atoms with Gasteiger partial charge in [-0.15, -0.1) is 0 Å². The molecule has 4 nitrogen and oxygen atoms in total. The SMILES string of the molecule is COc1ccccc1NC(=O)[C@@H](C)N1CCC[C@@H](C)C1. The van der Waals surface area contributed by atoms with Crippen LogP contribution in [0.1, 0.15) is 26.7 Å². The molecule has 4 heteroatoms. The Hall–Kier alpha value is -1.55. The molecule has 0 aliphatic carbocycles. The number of nitrogens with zero attached hydrogens (tertiary/aromatic N) is 1. The van der Waals surface area contributed by atoms with Crippen LogP contribution in [0.2, 0.25) is 0 Å². The molecule has 0 spiro atoms. The molecule has 1 aromatic rings. The van der Waals surface area contributed by atoms with Crippen molar-refractivity contribution in [3.05, 3.63) is 24.3 Å². The molecular weight excluding hydrogens is 252 g/mol. The van der Waals surface area contributed by atoms with Crippen LogP contribution in [0.4, 0.5) is 5.69 Å². The molecule has 0 aromatic heterocycles. The first-order valence-corrected chi connectivity index (χ1v) is 7.29. The van der Waals surface area contributed by atoms with E-state index in [1.807, 2.05) is 31.2 Å². The van der Waals surface area contributed by atoms with E-state index >= 15 is 0 Å². The van der Waals surface area contributed by atoms with Crippen LogP contribution in [-0.4, -0.2) is 37.0 Å². The maximum atomic E-state index is 12.4. The molecule has 110 valence electrons. The second-order valence-electron chi connectivity index (χ2n) is 5.61. The Morgan fingerprint density at radius 3 is 2.90 bits per heavy atom. The van der Waals surface area contributed by atoms with Crippen LogP contribution in [0.25, 0.3) is 0 Å². The Balaban J connectivity index is 2.00. The van der Waals surface area contributed by atoms with Gasteiger partial charge >= 0.3 is 0 Å². The lowest BCUT2D eigenvalue weighted by molar-refractivity contribution is -0.121. The maximum Gasteiger partial charge on any atom is 0.241 e. The Labute approximate surface area is 121 Å². The van der Waals surface area contributed by atoms with Gasteiger partial charge in [-0.25, -0.2) is 0 Å². The van der Waals surface area contributed by atoms with E-state index in [9.17, 15) is 4.79 Å². The summed E-state index contributed by atoms with van der Waals surface area (Å²) in [4.78, 5) is 14.6. The number of piperidine rings is 1. The van der Waals surface area contributed by atoms with Gasteiger partial charge in [0.05, 0.1) is 18.8 Å². The third-order valence-corrected chi connectivity index (χ3v) is 3.98. The summed E-state index contributed by atoms with van der Waals surface area (Å²) in [6.07, 6.45) is 2.44. The summed E-state index contributed by atoms with van der Waals surface area (Å²) in [7, 11) is 1.61. The molecule has 20 heavy (non-hydrogen) atoms. The van der Waals surface area contributed by atoms with E-state index in [1.165, 1.54) is 12.8 Å². The predicted octanol–water partition coefficient (Wildman–Crippen LogP) is 2.75. The van der Waals surface area contributed by atoms with E-state index in [-0.39, 0.29) is 11.9 Å². The second-order valence-corrected chi connectivity index (χ2v) is 5.61. The van der Waals surface area contributed by atoms with Crippen molar-refractivity contribution < 1.29 is 9.53 Å². The van der Waals surface area contributed by atoms with Crippen LogP contribution in [0.5, 0.6) is 5.75 Å². The zero-order chi connectivity index (χ0) is 14.5. The maximum absolute atomic E-state index is 12.4. The molecule has 1 aromatic carbocycles. The molecule has 2 rings (SSSR count). The summed E-state index contributed by atoms with van der Waals surface area (Å²) in [5.41, 5.74) is 0.733. The van der Waals surface area contributed by atoms with Crippen LogP contribution in [-0.2, 0) is 4.79 Å². The number of carbonyl (C=O) groups excluding carboxylic acids is 1. The number of likely N-dealkylation sites (tertiary alicyclic amines) is 1. The van der Waals surface area contributed by atoms with Gasteiger partial charge in [-0.05, 0) is 44.4 Å². The summed E-state index contributed by atoms with van der Waals surface area (Å²) in [6.45, 7) is 6.23. The van der Waals surface area contributed by atoms with Gasteiger partial charge in [-0.2, -0.15) is 0 Å². The highest BCUT2D eigenvalue weighted by Gasteiger charge is 2.25. The fourth-order valence-electron chi connectivity index (χ4n) is 2.73. The quantitative estimate of drug-likeness (QED) is 0.919. The number of carbonyl (C=O) groups is 1. The van der Waals surface area contributed by atoms with Crippen LogP contribution in [0.15, 0.2) is 24.3 Å². The van der Waals surface area contributed by atoms with Crippen LogP contribution >= 0.6 is 0 Å². The monoisotopic (exact) mass is 276 g/mol. The van der Waals surface area contributed by atoms with Gasteiger partial charge < -0.3 is 10.1 Å². The number of anilines is 1. The molecule has 1 saturated heterocycles. The molecule has 1 amide bonds. The third-order valence-electron chi connectivity index (χ3n) is 3.98. The van der Waals surface area contributed by atoms with E-state index in [1.54, 1.807) is 7.11 Å². The zero-order valence-corrected chi connectivity index (χ0v) is 12.6. The summed E-state index contributed by atoms with van der Waals surface area (Å²) in [5, 5.41) is 2.97. The van der Waals surface area contributed by atoms with Crippen molar-refractivity contribution >= 4 is 11.6 Å². The molecule has 2 atom stereocenters. The largest absolute Gasteiger partial charge is 0.495 e. The number of hydrogen-bond donors (Lipinski definition) is 1. The highest BCUT2D eigenvalue weighted by atomic mass is 16.5. The number of hydrogen-bond acceptors (Lipinski definition) is 3. The molecule has 0 saturated carbocycles. The fourth-order valence-corrected chi connectivity index (χ4v) is 2.73. The summed E-state index contributed by atoms with van der Waals surface area (Å²) in [6, 6.07) is 7.39. The minimum atomic E-state index is -0.109. The fraction of sp³-hybridized carbons (Fsp3) is 0.562. The lowest BCUT2D eigenvalue weighted by Crippen LogP contribution is -2.46. The Morgan fingerprint density at radius 2 is 2.20 bits per heavy atom. The number of nitrogens with one attached hydrogen (secondary N) is 1. The van der Waals surface area contributed by atoms with Gasteiger partial charge in [0.15, 0.2) is 0 Å². The molecular formula is C16H24N2O2. The van der Waals surface area contributed by atoms with E-state index in [2.05, 4.69) is 17.1 Å². The summed E-state index contributed by atoms with van der Waals surface area (Å²) >= 11 is 0. The van der Waals surface area contributed by atoms with Crippen molar-refractivity contribution in [3.8, 4) is 5.75 Å². The molecule has 1 fully saturated rings. The molecule has 1 heterocycles. The van der Waals surface area contributed by atoms with Crippen LogP contribution in [0.3, 0.4) is 0 Å². The van der Waals surface area contributed by atoms with Gasteiger partial charge in [0.25, 0.3) is 0 Å². The van der Waals surface area contributed by atoms with Gasteiger partial charge in [0.1, 0.15) is 5.75 Å². The number of para-hydroxylation sites is 2. The lowest BCUT2D eigenvalue weighted by Gasteiger charge is -2.34. The van der Waals surface area contributed by atoms with Crippen molar-refractivity contribution in [2.24, 2.45) is 5.92 Å². The first-order valence-electron chi connectivity index (χ1n) is 7.29. The van der Waals surface area contributed by atoms with Crippen molar-refractivity contribution in [1.82, 2.24) is 4.90 Å². The highest BCUT2D eigenvalue weighted by Crippen LogP contribution is 2.24. The predicted molar refractivity (Wildman–Crippen MR) is 81.1 cm³/mol. The Bertz CT molecular complexity index is 462. The van der Waals surface area contributed by atoms with Crippen molar-refractivity contribution in [3.63, 3.8) is 0 Å². The van der Waals surface area contributed by atoms with Crippen molar-refractivity contribution in [2.45, 2.75) is 32.7 Å². The van der Waals surface area contributed by atoms with Gasteiger partial charge in [0, 0.05) is 6.54 Å². The van der Waals surface area contributed by atoms with Gasteiger partial charge in [-0.3, -0.25) is 9.69 Å². The number of amides is 1. The number of methoxy groups -OCH3 is 1. The zero-order valence-electron chi connectivity index (χ0n) is 12.6. The van der Waals surface area contributed by atoms with E-state index in [0.717, 1.165) is 18.8 Å². The molecule has 0 unspecified atom stereocenters. The third kappa shape index (κ3) is 3.51. The second kappa shape index (κ2) is 6.75. The average Bonchev–Trinajstić information content (AvgIpc) is 2.47. The number of ether oxygens (including phenoxy) is 1. The topological polar surface area (TPSA) is 41.6 Å². The molecule has 1 N–H and O–H groups in total. The van der Waals surface area contributed by atoms with Crippen LogP contribution in [0, 0.1) is 5.92 Å². The average molecular weight is 276 g/mol. The van der Waals surface area contributed by atoms with E-state index in [4.69, 9.17) is 4.74 Å². The standard InChI is InChI=1S/C16H24N2O2/c1-12-7-6-10-18(11-12)13(2)16(19)17-14-8-4-5-9-15(14)20-3/h4-5,8-9,12-13H,6-7,10-11H2,1-3H3,(H,17,19)/t12-,13-/m1/s1. The molecule has 0 bridgehead atoms. The summed E-state index contributed by atoms with van der Waals surface area (Å²) < 4.78 is 5.26. The summed E-state index contributed by atoms with van der Waals surface area (Å²) in [5.74, 6) is 1.40. The van der Waals surface area contributed by atoms with Gasteiger partial charge in [0.2, 0.25) is 5.91 Å². The lowest BCUT2D eigenvalue weighted by atomic mass is 9.99. The minimum absolute atomic E-state index is 0.0311. The Morgan fingerprint density at radius 1 is 1.45 bits per heavy atom. The molecule has 0 radical (unpaired) electrons. The normalized spacial score (nSPS) is 21.2. The van der Waals surface area contributed by atoms with E-state index < -0.39 is 0 Å². The van der Waals surface area contributed by atoms with Crippen LogP contribution < -0.4 is 10.1 Å². The van der Waals surface area contributed by atoms with E-state index in [0.29, 0.717) is 11.7 Å². The molecule has 1 aliphatic heterocycles.